The number of hydrogen-bond donors (Lipinski definition) is 2. The van der Waals surface area contributed by atoms with Crippen LogP contribution >= 0.6 is 22.7 Å². The average molecular weight is 364 g/mol. The van der Waals surface area contributed by atoms with Crippen molar-refractivity contribution in [2.24, 2.45) is 0 Å². The Morgan fingerprint density at radius 2 is 2.12 bits per heavy atom. The first-order valence-electron chi connectivity index (χ1n) is 7.79. The molecule has 2 N–H and O–H groups in total. The molecule has 1 aliphatic rings. The van der Waals surface area contributed by atoms with Gasteiger partial charge in [-0.05, 0) is 38.4 Å². The summed E-state index contributed by atoms with van der Waals surface area (Å²) in [6, 6.07) is 4.22. The maximum absolute atomic E-state index is 12.4. The number of hydrogen-bond acceptors (Lipinski definition) is 6. The van der Waals surface area contributed by atoms with Gasteiger partial charge in [-0.2, -0.15) is 0 Å². The van der Waals surface area contributed by atoms with Crippen molar-refractivity contribution >= 4 is 39.6 Å². The van der Waals surface area contributed by atoms with Crippen LogP contribution in [0.25, 0.3) is 0 Å². The molecule has 2 aromatic rings. The highest BCUT2D eigenvalue weighted by Gasteiger charge is 2.21. The lowest BCUT2D eigenvalue weighted by Gasteiger charge is -2.07. The van der Waals surface area contributed by atoms with E-state index in [1.54, 1.807) is 21.0 Å². The lowest BCUT2D eigenvalue weighted by atomic mass is 10.2. The van der Waals surface area contributed by atoms with Crippen molar-refractivity contribution in [1.82, 2.24) is 15.2 Å². The van der Waals surface area contributed by atoms with Crippen LogP contribution < -0.4 is 10.6 Å². The Morgan fingerprint density at radius 1 is 1.33 bits per heavy atom. The second-order valence-corrected chi connectivity index (χ2v) is 8.05. The minimum Gasteiger partial charge on any atom is -0.344 e. The van der Waals surface area contributed by atoms with Crippen LogP contribution in [0.1, 0.15) is 48.8 Å². The zero-order chi connectivity index (χ0) is 17.3. The van der Waals surface area contributed by atoms with E-state index in [0.29, 0.717) is 26.6 Å². The molecule has 0 unspecified atom stereocenters. The van der Waals surface area contributed by atoms with Gasteiger partial charge < -0.3 is 10.2 Å². The standard InChI is InChI=1S/C16H20N4O2S2/c1-9-13(15(22)20(2)3)24-16(18-9)19-14(21)12-7-6-11(23-12)10-5-4-8-17-10/h6-7,10,17H,4-5,8H2,1-3H3,(H,18,19,21)/t10-/m0/s1. The molecule has 0 aliphatic carbocycles. The fourth-order valence-corrected chi connectivity index (χ4v) is 4.60. The Hall–Kier alpha value is -1.77. The van der Waals surface area contributed by atoms with Gasteiger partial charge in [0.25, 0.3) is 11.8 Å². The van der Waals surface area contributed by atoms with Crippen LogP contribution in [-0.2, 0) is 0 Å². The lowest BCUT2D eigenvalue weighted by molar-refractivity contribution is 0.0831. The van der Waals surface area contributed by atoms with Crippen molar-refractivity contribution in [3.63, 3.8) is 0 Å². The van der Waals surface area contributed by atoms with E-state index in [4.69, 9.17) is 0 Å². The van der Waals surface area contributed by atoms with E-state index in [9.17, 15) is 9.59 Å². The predicted molar refractivity (Wildman–Crippen MR) is 97.1 cm³/mol. The molecule has 0 spiro atoms. The Labute approximate surface area is 148 Å². The van der Waals surface area contributed by atoms with Crippen molar-refractivity contribution in [2.75, 3.05) is 26.0 Å². The molecule has 3 rings (SSSR count). The molecular weight excluding hydrogens is 344 g/mol. The fourth-order valence-electron chi connectivity index (χ4n) is 2.60. The first-order valence-corrected chi connectivity index (χ1v) is 9.42. The summed E-state index contributed by atoms with van der Waals surface area (Å²) < 4.78 is 0. The SMILES string of the molecule is Cc1nc(NC(=O)c2ccc([C@@H]3CCCN3)s2)sc1C(=O)N(C)C. The smallest absolute Gasteiger partial charge is 0.267 e. The van der Waals surface area contributed by atoms with Gasteiger partial charge in [0.2, 0.25) is 0 Å². The van der Waals surface area contributed by atoms with Gasteiger partial charge in [0, 0.05) is 25.0 Å². The summed E-state index contributed by atoms with van der Waals surface area (Å²) in [6.07, 6.45) is 2.29. The third kappa shape index (κ3) is 3.50. The Bertz CT molecular complexity index is 760. The molecule has 0 bridgehead atoms. The number of thiophene rings is 1. The van der Waals surface area contributed by atoms with Crippen LogP contribution in [0.15, 0.2) is 12.1 Å². The van der Waals surface area contributed by atoms with E-state index in [1.165, 1.54) is 38.9 Å². The summed E-state index contributed by atoms with van der Waals surface area (Å²) in [5, 5.41) is 6.70. The molecule has 2 aromatic heterocycles. The van der Waals surface area contributed by atoms with Crippen LogP contribution in [-0.4, -0.2) is 42.3 Å². The van der Waals surface area contributed by atoms with E-state index in [0.717, 1.165) is 13.0 Å². The number of nitrogens with zero attached hydrogens (tertiary/aromatic N) is 2. The van der Waals surface area contributed by atoms with Crippen molar-refractivity contribution in [2.45, 2.75) is 25.8 Å². The van der Waals surface area contributed by atoms with Gasteiger partial charge >= 0.3 is 0 Å². The molecule has 1 saturated heterocycles. The van der Waals surface area contributed by atoms with Crippen molar-refractivity contribution in [1.29, 1.82) is 0 Å². The average Bonchev–Trinajstić information content (AvgIpc) is 3.26. The molecule has 2 amide bonds. The largest absolute Gasteiger partial charge is 0.344 e. The molecule has 1 atom stereocenters. The second kappa shape index (κ2) is 7.00. The molecular formula is C16H20N4O2S2. The number of anilines is 1. The third-order valence-corrected chi connectivity index (χ3v) is 6.13. The van der Waals surface area contributed by atoms with Crippen LogP contribution in [0, 0.1) is 6.92 Å². The van der Waals surface area contributed by atoms with Gasteiger partial charge in [0.05, 0.1) is 10.6 Å². The van der Waals surface area contributed by atoms with Crippen LogP contribution in [0.5, 0.6) is 0 Å². The fraction of sp³-hybridized carbons (Fsp3) is 0.438. The first kappa shape index (κ1) is 17.1. The quantitative estimate of drug-likeness (QED) is 0.875. The van der Waals surface area contributed by atoms with Gasteiger partial charge in [-0.25, -0.2) is 4.98 Å². The second-order valence-electron chi connectivity index (χ2n) is 5.94. The summed E-state index contributed by atoms with van der Waals surface area (Å²) in [5.41, 5.74) is 0.635. The minimum absolute atomic E-state index is 0.101. The van der Waals surface area contributed by atoms with E-state index in [1.807, 2.05) is 12.1 Å². The zero-order valence-corrected chi connectivity index (χ0v) is 15.5. The molecule has 24 heavy (non-hydrogen) atoms. The molecule has 3 heterocycles. The van der Waals surface area contributed by atoms with Crippen LogP contribution in [0.3, 0.4) is 0 Å². The number of thiazole rings is 1. The zero-order valence-electron chi connectivity index (χ0n) is 13.9. The van der Waals surface area contributed by atoms with Crippen LogP contribution in [0.2, 0.25) is 0 Å². The summed E-state index contributed by atoms with van der Waals surface area (Å²) in [6.45, 7) is 2.81. The minimum atomic E-state index is -0.179. The predicted octanol–water partition coefficient (Wildman–Crippen LogP) is 2.89. The lowest BCUT2D eigenvalue weighted by Crippen LogP contribution is -2.21. The maximum Gasteiger partial charge on any atom is 0.267 e. The number of aryl methyl sites for hydroxylation is 1. The van der Waals surface area contributed by atoms with Gasteiger partial charge in [0.15, 0.2) is 5.13 Å². The molecule has 0 aromatic carbocycles. The molecule has 0 saturated carbocycles. The number of rotatable bonds is 4. The topological polar surface area (TPSA) is 74.3 Å². The molecule has 128 valence electrons. The molecule has 8 heteroatoms. The number of carbonyl (C=O) groups is 2. The van der Waals surface area contributed by atoms with Gasteiger partial charge in [-0.15, -0.1) is 11.3 Å². The molecule has 6 nitrogen and oxygen atoms in total. The van der Waals surface area contributed by atoms with Crippen molar-refractivity contribution in [3.05, 3.63) is 32.5 Å². The van der Waals surface area contributed by atoms with E-state index in [2.05, 4.69) is 15.6 Å². The van der Waals surface area contributed by atoms with E-state index < -0.39 is 0 Å². The maximum atomic E-state index is 12.4. The number of nitrogens with one attached hydrogen (secondary N) is 2. The molecule has 1 aliphatic heterocycles. The Balaban J connectivity index is 1.71. The Kier molecular flexibility index (Phi) is 4.98. The van der Waals surface area contributed by atoms with Crippen molar-refractivity contribution < 1.29 is 9.59 Å². The highest BCUT2D eigenvalue weighted by molar-refractivity contribution is 7.18. The normalized spacial score (nSPS) is 17.0. The molecule has 0 radical (unpaired) electrons. The highest BCUT2D eigenvalue weighted by Crippen LogP contribution is 2.30. The van der Waals surface area contributed by atoms with Crippen molar-refractivity contribution in [3.8, 4) is 0 Å². The van der Waals surface area contributed by atoms with Gasteiger partial charge in [0.1, 0.15) is 4.88 Å². The number of aromatic nitrogens is 1. The highest BCUT2D eigenvalue weighted by atomic mass is 32.1. The summed E-state index contributed by atoms with van der Waals surface area (Å²) in [5.74, 6) is -0.280. The monoisotopic (exact) mass is 364 g/mol. The summed E-state index contributed by atoms with van der Waals surface area (Å²) >= 11 is 2.72. The van der Waals surface area contributed by atoms with E-state index >= 15 is 0 Å². The first-order chi connectivity index (χ1) is 11.5. The van der Waals surface area contributed by atoms with Crippen LogP contribution in [0.4, 0.5) is 5.13 Å². The summed E-state index contributed by atoms with van der Waals surface area (Å²) in [7, 11) is 3.40. The molecule has 1 fully saturated rings. The number of carbonyl (C=O) groups excluding carboxylic acids is 2. The van der Waals surface area contributed by atoms with Gasteiger partial charge in [-0.1, -0.05) is 11.3 Å². The number of amides is 2. The Morgan fingerprint density at radius 3 is 2.79 bits per heavy atom. The third-order valence-electron chi connectivity index (χ3n) is 3.87. The summed E-state index contributed by atoms with van der Waals surface area (Å²) in [4.78, 5) is 32.7. The van der Waals surface area contributed by atoms with Gasteiger partial charge in [-0.3, -0.25) is 14.9 Å². The van der Waals surface area contributed by atoms with E-state index in [-0.39, 0.29) is 11.8 Å².